The second-order valence-corrected chi connectivity index (χ2v) is 8.29. The molecule has 7 heteroatoms. The smallest absolute Gasteiger partial charge is 0.337 e. The molecular weight excluding hydrogens is 446 g/mol. The summed E-state index contributed by atoms with van der Waals surface area (Å²) in [6.45, 7) is 0.103. The van der Waals surface area contributed by atoms with Crippen LogP contribution in [-0.2, 0) is 27.3 Å². The van der Waals surface area contributed by atoms with E-state index in [1.807, 2.05) is 30.3 Å². The Labute approximate surface area is 202 Å². The Kier molecular flexibility index (Phi) is 6.96. The van der Waals surface area contributed by atoms with E-state index < -0.39 is 23.7 Å². The molecule has 3 aromatic rings. The molecule has 1 unspecified atom stereocenters. The summed E-state index contributed by atoms with van der Waals surface area (Å²) in [6.07, 6.45) is 0.606. The van der Waals surface area contributed by atoms with Gasteiger partial charge in [0, 0.05) is 13.0 Å². The lowest BCUT2D eigenvalue weighted by Crippen LogP contribution is -2.30. The maximum Gasteiger partial charge on any atom is 0.337 e. The van der Waals surface area contributed by atoms with Crippen LogP contribution >= 0.6 is 0 Å². The first-order valence-corrected chi connectivity index (χ1v) is 11.2. The number of nitrogens with zero attached hydrogens (tertiary/aromatic N) is 1. The van der Waals surface area contributed by atoms with Crippen LogP contribution in [0.1, 0.15) is 39.5 Å². The van der Waals surface area contributed by atoms with E-state index in [0.717, 1.165) is 5.56 Å². The molecule has 178 valence electrons. The minimum atomic E-state index is -0.813. The number of carbonyl (C=O) groups excluding carboxylic acids is 3. The summed E-state index contributed by atoms with van der Waals surface area (Å²) in [5, 5.41) is 20.5. The zero-order valence-electron chi connectivity index (χ0n) is 19.2. The second-order valence-electron chi connectivity index (χ2n) is 8.29. The molecule has 1 atom stereocenters. The van der Waals surface area contributed by atoms with Crippen molar-refractivity contribution in [3.8, 4) is 5.75 Å². The largest absolute Gasteiger partial charge is 0.508 e. The quantitative estimate of drug-likeness (QED) is 0.476. The molecule has 3 aromatic carbocycles. The van der Waals surface area contributed by atoms with Crippen LogP contribution in [0.2, 0.25) is 0 Å². The molecule has 1 heterocycles. The van der Waals surface area contributed by atoms with Gasteiger partial charge in [0.1, 0.15) is 5.75 Å². The average molecular weight is 472 g/mol. The number of methoxy groups -OCH3 is 1. The highest BCUT2D eigenvalue weighted by molar-refractivity contribution is 6.09. The predicted molar refractivity (Wildman–Crippen MR) is 129 cm³/mol. The standard InChI is InChI=1S/C28H25NO6/c1-35-28(34)21-10-7-19(8-11-21)17-29-25(20-12-14-22(30)15-13-20)24(26(32)27(29)33)23(31)16-9-18-5-3-2-4-6-18/h2-8,10-15,25,30,32H,9,16-17H2,1H3. The van der Waals surface area contributed by atoms with Crippen LogP contribution < -0.4 is 0 Å². The maximum atomic E-state index is 13.3. The Morgan fingerprint density at radius 3 is 2.17 bits per heavy atom. The van der Waals surface area contributed by atoms with E-state index >= 15 is 0 Å². The van der Waals surface area contributed by atoms with Gasteiger partial charge in [-0.15, -0.1) is 0 Å². The fraction of sp³-hybridized carbons (Fsp3) is 0.179. The van der Waals surface area contributed by atoms with Gasteiger partial charge in [-0.1, -0.05) is 54.6 Å². The SMILES string of the molecule is COC(=O)c1ccc(CN2C(=O)C(O)=C(C(=O)CCc3ccccc3)C2c2ccc(O)cc2)cc1. The molecule has 0 aromatic heterocycles. The number of benzene rings is 3. The number of esters is 1. The number of aliphatic hydroxyl groups is 1. The molecule has 4 rings (SSSR count). The Morgan fingerprint density at radius 2 is 1.54 bits per heavy atom. The number of carbonyl (C=O) groups is 3. The highest BCUT2D eigenvalue weighted by atomic mass is 16.5. The van der Waals surface area contributed by atoms with Gasteiger partial charge in [-0.3, -0.25) is 9.59 Å². The lowest BCUT2D eigenvalue weighted by Gasteiger charge is -2.27. The number of hydrogen-bond acceptors (Lipinski definition) is 6. The van der Waals surface area contributed by atoms with Crippen LogP contribution in [-0.4, -0.2) is 39.9 Å². The molecule has 0 saturated carbocycles. The van der Waals surface area contributed by atoms with Crippen LogP contribution in [0.4, 0.5) is 0 Å². The zero-order chi connectivity index (χ0) is 24.9. The van der Waals surface area contributed by atoms with Gasteiger partial charge in [-0.2, -0.15) is 0 Å². The summed E-state index contributed by atoms with van der Waals surface area (Å²) in [4.78, 5) is 39.5. The van der Waals surface area contributed by atoms with Crippen LogP contribution in [0.3, 0.4) is 0 Å². The number of ether oxygens (including phenoxy) is 1. The van der Waals surface area contributed by atoms with Crippen molar-refractivity contribution in [1.82, 2.24) is 4.90 Å². The Balaban J connectivity index is 1.63. The minimum absolute atomic E-state index is 0.0443. The third-order valence-electron chi connectivity index (χ3n) is 6.02. The summed E-state index contributed by atoms with van der Waals surface area (Å²) in [7, 11) is 1.30. The van der Waals surface area contributed by atoms with Crippen molar-refractivity contribution in [2.24, 2.45) is 0 Å². The summed E-state index contributed by atoms with van der Waals surface area (Å²) < 4.78 is 4.72. The van der Waals surface area contributed by atoms with E-state index in [0.29, 0.717) is 23.1 Å². The van der Waals surface area contributed by atoms with Gasteiger partial charge in [0.05, 0.1) is 24.3 Å². The molecule has 2 N–H and O–H groups in total. The summed E-state index contributed by atoms with van der Waals surface area (Å²) in [6, 6.07) is 21.5. The molecule has 0 saturated heterocycles. The highest BCUT2D eigenvalue weighted by Gasteiger charge is 2.43. The number of ketones is 1. The number of rotatable bonds is 8. The lowest BCUT2D eigenvalue weighted by atomic mass is 9.93. The van der Waals surface area contributed by atoms with Gasteiger partial charge in [-0.05, 0) is 47.4 Å². The zero-order valence-corrected chi connectivity index (χ0v) is 19.2. The van der Waals surface area contributed by atoms with Crippen molar-refractivity contribution in [3.63, 3.8) is 0 Å². The van der Waals surface area contributed by atoms with Gasteiger partial charge in [0.15, 0.2) is 11.5 Å². The number of aromatic hydroxyl groups is 1. The number of hydrogen-bond donors (Lipinski definition) is 2. The van der Waals surface area contributed by atoms with Gasteiger partial charge < -0.3 is 19.8 Å². The third-order valence-corrected chi connectivity index (χ3v) is 6.02. The topological polar surface area (TPSA) is 104 Å². The monoisotopic (exact) mass is 471 g/mol. The molecule has 0 radical (unpaired) electrons. The van der Waals surface area contributed by atoms with E-state index in [1.54, 1.807) is 36.4 Å². The molecule has 7 nitrogen and oxygen atoms in total. The molecule has 1 aliphatic heterocycles. The van der Waals surface area contributed by atoms with Crippen molar-refractivity contribution in [2.45, 2.75) is 25.4 Å². The van der Waals surface area contributed by atoms with Crippen LogP contribution in [0, 0.1) is 0 Å². The first-order chi connectivity index (χ1) is 16.9. The van der Waals surface area contributed by atoms with Crippen molar-refractivity contribution in [1.29, 1.82) is 0 Å². The number of aliphatic hydroxyl groups excluding tert-OH is 1. The van der Waals surface area contributed by atoms with Crippen LogP contribution in [0.5, 0.6) is 5.75 Å². The molecule has 35 heavy (non-hydrogen) atoms. The predicted octanol–water partition coefficient (Wildman–Crippen LogP) is 4.28. The fourth-order valence-corrected chi connectivity index (χ4v) is 4.20. The highest BCUT2D eigenvalue weighted by Crippen LogP contribution is 2.39. The molecule has 0 aliphatic carbocycles. The second kappa shape index (κ2) is 10.3. The van der Waals surface area contributed by atoms with E-state index in [4.69, 9.17) is 4.74 Å². The van der Waals surface area contributed by atoms with Crippen molar-refractivity contribution >= 4 is 17.7 Å². The number of amides is 1. The first-order valence-electron chi connectivity index (χ1n) is 11.2. The Hall–Kier alpha value is -4.39. The summed E-state index contributed by atoms with van der Waals surface area (Å²) >= 11 is 0. The van der Waals surface area contributed by atoms with Crippen molar-refractivity contribution in [2.75, 3.05) is 7.11 Å². The Morgan fingerprint density at radius 1 is 0.886 bits per heavy atom. The molecule has 0 fully saturated rings. The van der Waals surface area contributed by atoms with Gasteiger partial charge in [0.2, 0.25) is 0 Å². The van der Waals surface area contributed by atoms with Crippen LogP contribution in [0.15, 0.2) is 90.2 Å². The van der Waals surface area contributed by atoms with Gasteiger partial charge in [0.25, 0.3) is 5.91 Å². The number of aryl methyl sites for hydroxylation is 1. The third kappa shape index (κ3) is 5.09. The summed E-state index contributed by atoms with van der Waals surface area (Å²) in [5.41, 5.74) is 2.70. The minimum Gasteiger partial charge on any atom is -0.508 e. The fourth-order valence-electron chi connectivity index (χ4n) is 4.20. The molecule has 1 amide bonds. The maximum absolute atomic E-state index is 13.3. The molecule has 1 aliphatic rings. The normalized spacial score (nSPS) is 15.4. The van der Waals surface area contributed by atoms with E-state index in [9.17, 15) is 24.6 Å². The average Bonchev–Trinajstić information content (AvgIpc) is 3.13. The van der Waals surface area contributed by atoms with Crippen molar-refractivity contribution in [3.05, 3.63) is 112 Å². The van der Waals surface area contributed by atoms with E-state index in [2.05, 4.69) is 0 Å². The van der Waals surface area contributed by atoms with E-state index in [1.165, 1.54) is 24.1 Å². The number of Topliss-reactive ketones (excluding diaryl/α,β-unsaturated/α-hetero) is 1. The number of phenols is 1. The van der Waals surface area contributed by atoms with Gasteiger partial charge in [-0.25, -0.2) is 4.79 Å². The molecular formula is C28H25NO6. The number of phenolic OH excluding ortho intramolecular Hbond substituents is 1. The van der Waals surface area contributed by atoms with Crippen LogP contribution in [0.25, 0.3) is 0 Å². The van der Waals surface area contributed by atoms with Crippen molar-refractivity contribution < 1.29 is 29.3 Å². The Bertz CT molecular complexity index is 1260. The van der Waals surface area contributed by atoms with Gasteiger partial charge >= 0.3 is 5.97 Å². The molecule has 0 spiro atoms. The molecule has 0 bridgehead atoms. The first kappa shape index (κ1) is 23.8. The lowest BCUT2D eigenvalue weighted by molar-refractivity contribution is -0.130. The van der Waals surface area contributed by atoms with E-state index in [-0.39, 0.29) is 30.1 Å². The summed E-state index contributed by atoms with van der Waals surface area (Å²) in [5.74, 6) is -1.95.